The van der Waals surface area contributed by atoms with Gasteiger partial charge in [-0.3, -0.25) is 4.79 Å². The number of benzene rings is 3. The minimum absolute atomic E-state index is 0.0271. The fraction of sp³-hybridized carbons (Fsp3) is 0.490. The highest BCUT2D eigenvalue weighted by Crippen LogP contribution is 2.40. The van der Waals surface area contributed by atoms with Gasteiger partial charge in [-0.15, -0.1) is 0 Å². The normalized spacial score (nSPS) is 17.4. The molecule has 0 aliphatic carbocycles. The second kappa shape index (κ2) is 21.6. The van der Waals surface area contributed by atoms with Crippen LogP contribution in [0.5, 0.6) is 0 Å². The van der Waals surface area contributed by atoms with Crippen LogP contribution in [0.1, 0.15) is 86.6 Å². The van der Waals surface area contributed by atoms with Gasteiger partial charge in [-0.2, -0.15) is 0 Å². The summed E-state index contributed by atoms with van der Waals surface area (Å²) in [7, 11) is -5.47. The van der Waals surface area contributed by atoms with Crippen molar-refractivity contribution in [3.8, 4) is 0 Å². The molecule has 11 heteroatoms. The van der Waals surface area contributed by atoms with Crippen molar-refractivity contribution >= 4 is 45.0 Å². The van der Waals surface area contributed by atoms with Gasteiger partial charge < -0.3 is 23.4 Å². The number of ether oxygens (including phenoxy) is 2. The molecule has 1 saturated heterocycles. The molecule has 3 aromatic rings. The number of rotatable bonds is 20. The highest BCUT2D eigenvalue weighted by molar-refractivity contribution is 6.99. The number of hydrogen-bond acceptors (Lipinski definition) is 8. The minimum Gasteiger partial charge on any atom is -0.463 e. The van der Waals surface area contributed by atoms with Gasteiger partial charge in [0.2, 0.25) is 5.91 Å². The number of carbonyl (C=O) groups excluding carboxylic acids is 3. The van der Waals surface area contributed by atoms with Crippen molar-refractivity contribution in [2.24, 2.45) is 5.92 Å². The van der Waals surface area contributed by atoms with Crippen LogP contribution in [-0.2, 0) is 34.3 Å². The number of imide groups is 1. The molecule has 4 rings (SSSR count). The summed E-state index contributed by atoms with van der Waals surface area (Å²) in [5.41, 5.74) is 0.958. The predicted octanol–water partition coefficient (Wildman–Crippen LogP) is 9.15. The first-order chi connectivity index (χ1) is 28.3. The lowest BCUT2D eigenvalue weighted by Gasteiger charge is -2.45. The van der Waals surface area contributed by atoms with E-state index in [1.807, 2.05) is 55.5 Å². The van der Waals surface area contributed by atoms with Gasteiger partial charge in [0.05, 0.1) is 30.8 Å². The standard InChI is InChI=1S/C49H69NO8Si2/c1-11-13-25-39(58-60(49(6,7)8,41-26-19-15-20-27-41)42-28-21-16-22-29-42)30-32-44(51)43(35-40(31-33-45(52)55-12-2)57-59(9,10)48(3,4)5)46(53)50-38(36-56-47(50)54)34-37-23-17-14-18-24-37/h11,13-24,26-29,31,33,38-40,43-44,51H,12,25,30,32,34-36H2,1-10H3/b13-11+,33-31+/t38-,39-,40+,43-,44+/m1/s1. The Labute approximate surface area is 361 Å². The molecule has 0 aromatic heterocycles. The van der Waals surface area contributed by atoms with E-state index >= 15 is 0 Å². The molecule has 1 aliphatic heterocycles. The van der Waals surface area contributed by atoms with Crippen LogP contribution in [0.25, 0.3) is 0 Å². The molecule has 1 fully saturated rings. The van der Waals surface area contributed by atoms with E-state index < -0.39 is 58.8 Å². The Kier molecular flexibility index (Phi) is 17.5. The summed E-state index contributed by atoms with van der Waals surface area (Å²) in [5, 5.41) is 14.2. The van der Waals surface area contributed by atoms with Crippen molar-refractivity contribution in [2.75, 3.05) is 13.2 Å². The van der Waals surface area contributed by atoms with Gasteiger partial charge in [0.15, 0.2) is 8.32 Å². The maximum atomic E-state index is 15.0. The van der Waals surface area contributed by atoms with Gasteiger partial charge in [0.1, 0.15) is 6.61 Å². The van der Waals surface area contributed by atoms with Crippen LogP contribution in [0.4, 0.5) is 4.79 Å². The smallest absolute Gasteiger partial charge is 0.416 e. The molecule has 326 valence electrons. The molecule has 0 saturated carbocycles. The summed E-state index contributed by atoms with van der Waals surface area (Å²) < 4.78 is 25.2. The molecule has 0 bridgehead atoms. The second-order valence-electron chi connectivity index (χ2n) is 18.4. The molecule has 9 nitrogen and oxygen atoms in total. The van der Waals surface area contributed by atoms with E-state index in [-0.39, 0.29) is 42.2 Å². The van der Waals surface area contributed by atoms with Gasteiger partial charge >= 0.3 is 12.1 Å². The van der Waals surface area contributed by atoms with Crippen LogP contribution in [0.2, 0.25) is 23.2 Å². The van der Waals surface area contributed by atoms with E-state index in [1.54, 1.807) is 13.0 Å². The van der Waals surface area contributed by atoms with Crippen LogP contribution >= 0.6 is 0 Å². The summed E-state index contributed by atoms with van der Waals surface area (Å²) in [6.45, 7) is 21.3. The van der Waals surface area contributed by atoms with Gasteiger partial charge in [-0.1, -0.05) is 145 Å². The summed E-state index contributed by atoms with van der Waals surface area (Å²) >= 11 is 0. The number of aliphatic hydroxyl groups excluding tert-OH is 1. The molecular weight excluding hydrogens is 787 g/mol. The molecule has 1 N–H and O–H groups in total. The van der Waals surface area contributed by atoms with Gasteiger partial charge in [0.25, 0.3) is 8.32 Å². The lowest BCUT2D eigenvalue weighted by Crippen LogP contribution is -2.67. The van der Waals surface area contributed by atoms with Gasteiger partial charge in [0, 0.05) is 12.2 Å². The Morgan fingerprint density at radius 1 is 0.867 bits per heavy atom. The molecule has 0 radical (unpaired) electrons. The quantitative estimate of drug-likeness (QED) is 0.0519. The number of nitrogens with zero attached hydrogens (tertiary/aromatic N) is 1. The maximum Gasteiger partial charge on any atom is 0.416 e. The highest BCUT2D eigenvalue weighted by Gasteiger charge is 2.52. The number of carbonyl (C=O) groups is 3. The van der Waals surface area contributed by atoms with Crippen LogP contribution < -0.4 is 10.4 Å². The summed E-state index contributed by atoms with van der Waals surface area (Å²) in [6.07, 6.45) is 5.77. The number of cyclic esters (lactones) is 1. The monoisotopic (exact) mass is 855 g/mol. The first-order valence-electron chi connectivity index (χ1n) is 21.5. The molecule has 2 amide bonds. The number of allylic oxidation sites excluding steroid dienone is 1. The Morgan fingerprint density at radius 3 is 1.95 bits per heavy atom. The Morgan fingerprint density at radius 2 is 1.43 bits per heavy atom. The summed E-state index contributed by atoms with van der Waals surface area (Å²) in [6, 6.07) is 30.0. The van der Waals surface area contributed by atoms with Crippen LogP contribution in [0.3, 0.4) is 0 Å². The van der Waals surface area contributed by atoms with Crippen LogP contribution in [0, 0.1) is 5.92 Å². The first kappa shape index (κ1) is 48.5. The third-order valence-corrected chi connectivity index (χ3v) is 21.5. The van der Waals surface area contributed by atoms with E-state index in [0.29, 0.717) is 19.3 Å². The van der Waals surface area contributed by atoms with Crippen molar-refractivity contribution in [1.29, 1.82) is 0 Å². The minimum atomic E-state index is -2.98. The predicted molar refractivity (Wildman–Crippen MR) is 245 cm³/mol. The fourth-order valence-electron chi connectivity index (χ4n) is 7.73. The first-order valence-corrected chi connectivity index (χ1v) is 26.3. The van der Waals surface area contributed by atoms with Crippen molar-refractivity contribution < 1.29 is 37.8 Å². The van der Waals surface area contributed by atoms with E-state index in [2.05, 4.69) is 109 Å². The average Bonchev–Trinajstić information content (AvgIpc) is 3.57. The maximum absolute atomic E-state index is 15.0. The van der Waals surface area contributed by atoms with Crippen LogP contribution in [0.15, 0.2) is 115 Å². The molecular formula is C49H69NO8Si2. The SMILES string of the molecule is C/C=C/C[C@H](CC[C@H](O)[C@@H](C[C@H](/C=C/C(=O)OCC)O[Si](C)(C)C(C)(C)C)C(=O)N1C(=O)OC[C@H]1Cc1ccccc1)O[Si](c1ccccc1)(c1ccccc1)C(C)(C)C. The third kappa shape index (κ3) is 12.5. The molecule has 3 aromatic carbocycles. The Hall–Kier alpha value is -4.14. The molecule has 1 heterocycles. The van der Waals surface area contributed by atoms with E-state index in [9.17, 15) is 19.5 Å². The lowest BCUT2D eigenvalue weighted by atomic mass is 9.89. The van der Waals surface area contributed by atoms with Crippen molar-refractivity contribution in [3.63, 3.8) is 0 Å². The average molecular weight is 856 g/mol. The number of esters is 1. The molecule has 0 unspecified atom stereocenters. The van der Waals surface area contributed by atoms with Crippen molar-refractivity contribution in [3.05, 3.63) is 121 Å². The van der Waals surface area contributed by atoms with Gasteiger partial charge in [-0.25, -0.2) is 14.5 Å². The number of amides is 2. The highest BCUT2D eigenvalue weighted by atomic mass is 28.4. The fourth-order valence-corrected chi connectivity index (χ4v) is 13.7. The molecule has 1 aliphatic rings. The summed E-state index contributed by atoms with van der Waals surface area (Å²) in [4.78, 5) is 42.2. The topological polar surface area (TPSA) is 112 Å². The van der Waals surface area contributed by atoms with E-state index in [1.165, 1.54) is 11.0 Å². The second-order valence-corrected chi connectivity index (χ2v) is 27.4. The van der Waals surface area contributed by atoms with Crippen molar-refractivity contribution in [2.45, 2.75) is 135 Å². The molecule has 60 heavy (non-hydrogen) atoms. The zero-order valence-electron chi connectivity index (χ0n) is 37.6. The Bertz CT molecular complexity index is 1830. The van der Waals surface area contributed by atoms with Crippen LogP contribution in [-0.4, -0.2) is 82.2 Å². The van der Waals surface area contributed by atoms with Gasteiger partial charge in [-0.05, 0) is 91.1 Å². The largest absolute Gasteiger partial charge is 0.463 e. The third-order valence-electron chi connectivity index (χ3n) is 11.9. The lowest BCUT2D eigenvalue weighted by molar-refractivity contribution is -0.138. The number of hydrogen-bond donors (Lipinski definition) is 1. The summed E-state index contributed by atoms with van der Waals surface area (Å²) in [5.74, 6) is -2.13. The molecule has 5 atom stereocenters. The zero-order valence-corrected chi connectivity index (χ0v) is 39.6. The van der Waals surface area contributed by atoms with E-state index in [0.717, 1.165) is 15.9 Å². The van der Waals surface area contributed by atoms with Crippen molar-refractivity contribution in [1.82, 2.24) is 4.90 Å². The Balaban J connectivity index is 1.76. The molecule has 0 spiro atoms. The zero-order chi connectivity index (χ0) is 44.1. The van der Waals surface area contributed by atoms with E-state index in [4.69, 9.17) is 18.3 Å². The number of aliphatic hydroxyl groups is 1.